The van der Waals surface area contributed by atoms with Crippen LogP contribution in [0.15, 0.2) is 29.1 Å². The van der Waals surface area contributed by atoms with Gasteiger partial charge in [-0.25, -0.2) is 4.39 Å². The van der Waals surface area contributed by atoms with Crippen LogP contribution >= 0.6 is 0 Å². The van der Waals surface area contributed by atoms with Crippen molar-refractivity contribution < 1.29 is 13.9 Å². The molecule has 24 heavy (non-hydrogen) atoms. The number of carbonyl (C=O) groups excluding carboxylic acids is 1. The fourth-order valence-corrected chi connectivity index (χ4v) is 2.49. The number of nitrogens with zero attached hydrogens (tertiary/aromatic N) is 1. The average Bonchev–Trinajstić information content (AvgIpc) is 2.54. The molecular weight excluding hydrogens is 311 g/mol. The smallest absolute Gasteiger partial charge is 0.306 e. The van der Waals surface area contributed by atoms with E-state index in [4.69, 9.17) is 10.00 Å². The van der Waals surface area contributed by atoms with E-state index >= 15 is 0 Å². The summed E-state index contributed by atoms with van der Waals surface area (Å²) >= 11 is 0. The van der Waals surface area contributed by atoms with Gasteiger partial charge in [-0.05, 0) is 37.5 Å². The van der Waals surface area contributed by atoms with Gasteiger partial charge >= 0.3 is 5.97 Å². The SMILES string of the molecule is Cc1[nH]c(=O)c(C#N)c(C)c1CCC(=O)OCc1ccccc1F. The summed E-state index contributed by atoms with van der Waals surface area (Å²) in [5, 5.41) is 9.03. The Morgan fingerprint density at radius 2 is 2.04 bits per heavy atom. The van der Waals surface area contributed by atoms with E-state index < -0.39 is 17.3 Å². The minimum absolute atomic E-state index is 0.0512. The van der Waals surface area contributed by atoms with Gasteiger partial charge in [0.25, 0.3) is 5.56 Å². The number of aromatic amines is 1. The van der Waals surface area contributed by atoms with Crippen LogP contribution in [0.2, 0.25) is 0 Å². The molecule has 1 N–H and O–H groups in total. The van der Waals surface area contributed by atoms with Gasteiger partial charge in [0.05, 0.1) is 0 Å². The zero-order valence-corrected chi connectivity index (χ0v) is 13.5. The third kappa shape index (κ3) is 3.87. The summed E-state index contributed by atoms with van der Waals surface area (Å²) in [7, 11) is 0. The lowest BCUT2D eigenvalue weighted by molar-refractivity contribution is -0.144. The number of aromatic nitrogens is 1. The van der Waals surface area contributed by atoms with E-state index in [0.29, 0.717) is 23.2 Å². The Morgan fingerprint density at radius 3 is 2.71 bits per heavy atom. The van der Waals surface area contributed by atoms with Gasteiger partial charge in [0.1, 0.15) is 24.1 Å². The number of hydrogen-bond acceptors (Lipinski definition) is 4. The fraction of sp³-hybridized carbons (Fsp3) is 0.278. The number of ether oxygens (including phenoxy) is 1. The number of benzene rings is 1. The van der Waals surface area contributed by atoms with Crippen LogP contribution in [-0.2, 0) is 22.6 Å². The van der Waals surface area contributed by atoms with Gasteiger partial charge in [-0.3, -0.25) is 9.59 Å². The second-order valence-corrected chi connectivity index (χ2v) is 5.42. The number of halogens is 1. The van der Waals surface area contributed by atoms with Crippen LogP contribution in [0, 0.1) is 31.0 Å². The fourth-order valence-electron chi connectivity index (χ4n) is 2.49. The Morgan fingerprint density at radius 1 is 1.33 bits per heavy atom. The second-order valence-electron chi connectivity index (χ2n) is 5.42. The second kappa shape index (κ2) is 7.55. The average molecular weight is 328 g/mol. The van der Waals surface area contributed by atoms with Crippen molar-refractivity contribution in [2.45, 2.75) is 33.3 Å². The zero-order valence-electron chi connectivity index (χ0n) is 13.5. The first kappa shape index (κ1) is 17.4. The van der Waals surface area contributed by atoms with Gasteiger partial charge in [-0.1, -0.05) is 18.2 Å². The molecule has 0 saturated heterocycles. The van der Waals surface area contributed by atoms with Crippen LogP contribution < -0.4 is 5.56 Å². The number of carbonyl (C=O) groups is 1. The van der Waals surface area contributed by atoms with Crippen LogP contribution in [-0.4, -0.2) is 11.0 Å². The number of H-pyrrole nitrogens is 1. The largest absolute Gasteiger partial charge is 0.461 e. The maximum absolute atomic E-state index is 13.5. The van der Waals surface area contributed by atoms with Gasteiger partial charge in [0.2, 0.25) is 0 Å². The lowest BCUT2D eigenvalue weighted by Crippen LogP contribution is -2.17. The highest BCUT2D eigenvalue weighted by atomic mass is 19.1. The molecule has 0 aliphatic carbocycles. The van der Waals surface area contributed by atoms with Crippen molar-refractivity contribution in [3.8, 4) is 6.07 Å². The van der Waals surface area contributed by atoms with E-state index in [1.807, 2.05) is 6.07 Å². The topological polar surface area (TPSA) is 83.0 Å². The van der Waals surface area contributed by atoms with E-state index in [1.54, 1.807) is 32.0 Å². The van der Waals surface area contributed by atoms with Gasteiger partial charge in [0.15, 0.2) is 0 Å². The molecule has 0 aliphatic rings. The van der Waals surface area contributed by atoms with E-state index in [9.17, 15) is 14.0 Å². The molecule has 2 rings (SSSR count). The van der Waals surface area contributed by atoms with Crippen LogP contribution in [0.4, 0.5) is 4.39 Å². The highest BCUT2D eigenvalue weighted by molar-refractivity contribution is 5.70. The third-order valence-electron chi connectivity index (χ3n) is 3.85. The van der Waals surface area contributed by atoms with Crippen molar-refractivity contribution in [1.82, 2.24) is 4.98 Å². The molecule has 0 aliphatic heterocycles. The Bertz CT molecular complexity index is 866. The first-order valence-electron chi connectivity index (χ1n) is 7.45. The summed E-state index contributed by atoms with van der Waals surface area (Å²) in [6.45, 7) is 3.27. The Hall–Kier alpha value is -2.94. The highest BCUT2D eigenvalue weighted by Crippen LogP contribution is 2.15. The maximum atomic E-state index is 13.5. The molecule has 0 saturated carbocycles. The lowest BCUT2D eigenvalue weighted by Gasteiger charge is -2.11. The van der Waals surface area contributed by atoms with Crippen molar-refractivity contribution in [1.29, 1.82) is 5.26 Å². The predicted octanol–water partition coefficient (Wildman–Crippen LogP) is 2.68. The standard InChI is InChI=1S/C18H17FN2O3/c1-11-14(12(2)21-18(23)15(11)9-20)7-8-17(22)24-10-13-5-3-4-6-16(13)19/h3-6H,7-8,10H2,1-2H3,(H,21,23). The van der Waals surface area contributed by atoms with Crippen molar-refractivity contribution >= 4 is 5.97 Å². The normalized spacial score (nSPS) is 10.2. The minimum Gasteiger partial charge on any atom is -0.461 e. The van der Waals surface area contributed by atoms with Crippen LogP contribution in [0.5, 0.6) is 0 Å². The number of hydrogen-bond donors (Lipinski definition) is 1. The number of nitriles is 1. The number of pyridine rings is 1. The van der Waals surface area contributed by atoms with Gasteiger partial charge in [-0.2, -0.15) is 5.26 Å². The molecule has 5 nitrogen and oxygen atoms in total. The molecule has 0 unspecified atom stereocenters. The molecule has 0 fully saturated rings. The van der Waals surface area contributed by atoms with Crippen LogP contribution in [0.25, 0.3) is 0 Å². The highest BCUT2D eigenvalue weighted by Gasteiger charge is 2.14. The van der Waals surface area contributed by atoms with Crippen LogP contribution in [0.3, 0.4) is 0 Å². The van der Waals surface area contributed by atoms with Crippen molar-refractivity contribution in [2.75, 3.05) is 0 Å². The minimum atomic E-state index is -0.471. The summed E-state index contributed by atoms with van der Waals surface area (Å²) in [5.74, 6) is -0.891. The van der Waals surface area contributed by atoms with Crippen molar-refractivity contribution in [3.05, 3.63) is 68.4 Å². The maximum Gasteiger partial charge on any atom is 0.306 e. The number of nitrogens with one attached hydrogen (secondary N) is 1. The predicted molar refractivity (Wildman–Crippen MR) is 85.8 cm³/mol. The molecule has 0 amide bonds. The molecule has 1 aromatic carbocycles. The molecule has 0 spiro atoms. The first-order chi connectivity index (χ1) is 11.4. The summed E-state index contributed by atoms with van der Waals surface area (Å²) in [5.41, 5.74) is 1.87. The zero-order chi connectivity index (χ0) is 17.7. The molecular formula is C18H17FN2O3. The Labute approximate surface area is 138 Å². The summed E-state index contributed by atoms with van der Waals surface area (Å²) in [6, 6.07) is 7.96. The van der Waals surface area contributed by atoms with Crippen LogP contribution in [0.1, 0.15) is 34.4 Å². The van der Waals surface area contributed by atoms with E-state index in [-0.39, 0.29) is 18.6 Å². The van der Waals surface area contributed by atoms with E-state index in [1.165, 1.54) is 6.07 Å². The number of rotatable bonds is 5. The quantitative estimate of drug-likeness (QED) is 0.855. The monoisotopic (exact) mass is 328 g/mol. The van der Waals surface area contributed by atoms with Gasteiger partial charge in [0, 0.05) is 17.7 Å². The molecule has 1 aromatic heterocycles. The molecule has 2 aromatic rings. The number of esters is 1. The molecule has 0 atom stereocenters. The summed E-state index contributed by atoms with van der Waals surface area (Å²) < 4.78 is 18.5. The van der Waals surface area contributed by atoms with Crippen molar-refractivity contribution in [3.63, 3.8) is 0 Å². The van der Waals surface area contributed by atoms with Gasteiger partial charge in [-0.15, -0.1) is 0 Å². The Balaban J connectivity index is 2.01. The lowest BCUT2D eigenvalue weighted by atomic mass is 9.99. The molecule has 124 valence electrons. The van der Waals surface area contributed by atoms with Crippen molar-refractivity contribution in [2.24, 2.45) is 0 Å². The molecule has 0 bridgehead atoms. The summed E-state index contributed by atoms with van der Waals surface area (Å²) in [6.07, 6.45) is 0.409. The Kier molecular flexibility index (Phi) is 5.48. The summed E-state index contributed by atoms with van der Waals surface area (Å²) in [4.78, 5) is 26.1. The van der Waals surface area contributed by atoms with E-state index in [0.717, 1.165) is 5.56 Å². The van der Waals surface area contributed by atoms with Gasteiger partial charge < -0.3 is 9.72 Å². The first-order valence-corrected chi connectivity index (χ1v) is 7.45. The third-order valence-corrected chi connectivity index (χ3v) is 3.85. The number of aryl methyl sites for hydroxylation is 1. The molecule has 0 radical (unpaired) electrons. The molecule has 6 heteroatoms. The molecule has 1 heterocycles. The van der Waals surface area contributed by atoms with E-state index in [2.05, 4.69) is 4.98 Å².